The first-order chi connectivity index (χ1) is 10.1. The quantitative estimate of drug-likeness (QED) is 0.887. The van der Waals surface area contributed by atoms with Crippen LogP contribution in [0.1, 0.15) is 36.8 Å². The number of rotatable bonds is 4. The van der Waals surface area contributed by atoms with Gasteiger partial charge in [0.15, 0.2) is 0 Å². The van der Waals surface area contributed by atoms with Gasteiger partial charge in [-0.25, -0.2) is 0 Å². The van der Waals surface area contributed by atoms with Crippen LogP contribution in [0.3, 0.4) is 0 Å². The summed E-state index contributed by atoms with van der Waals surface area (Å²) in [5, 5.41) is 12.0. The highest BCUT2D eigenvalue weighted by molar-refractivity contribution is 5.86. The van der Waals surface area contributed by atoms with Gasteiger partial charge in [-0.15, -0.1) is 0 Å². The van der Waals surface area contributed by atoms with Crippen LogP contribution in [0.4, 0.5) is 0 Å². The summed E-state index contributed by atoms with van der Waals surface area (Å²) >= 11 is 0. The number of amides is 1. The Balaban J connectivity index is 1.44. The van der Waals surface area contributed by atoms with Crippen molar-refractivity contribution in [3.63, 3.8) is 0 Å². The van der Waals surface area contributed by atoms with Crippen molar-refractivity contribution in [3.8, 4) is 0 Å². The molecule has 2 unspecified atom stereocenters. The number of carboxylic acid groups (broad SMARTS) is 1. The van der Waals surface area contributed by atoms with E-state index >= 15 is 0 Å². The van der Waals surface area contributed by atoms with Crippen LogP contribution in [0, 0.1) is 11.3 Å². The fourth-order valence-corrected chi connectivity index (χ4v) is 3.94. The van der Waals surface area contributed by atoms with E-state index < -0.39 is 11.4 Å². The van der Waals surface area contributed by atoms with Crippen LogP contribution in [0.15, 0.2) is 24.3 Å². The number of nitrogens with one attached hydrogen (secondary N) is 1. The molecule has 1 spiro atoms. The van der Waals surface area contributed by atoms with Crippen molar-refractivity contribution in [2.75, 3.05) is 6.54 Å². The summed E-state index contributed by atoms with van der Waals surface area (Å²) in [5.74, 6) is -0.704. The van der Waals surface area contributed by atoms with Crippen LogP contribution in [0.2, 0.25) is 0 Å². The monoisotopic (exact) mass is 285 g/mol. The number of benzene rings is 1. The maximum absolute atomic E-state index is 12.4. The van der Waals surface area contributed by atoms with Crippen molar-refractivity contribution in [1.29, 1.82) is 0 Å². The summed E-state index contributed by atoms with van der Waals surface area (Å²) in [6, 6.07) is 8.40. The fraction of sp³-hybridized carbons (Fsp3) is 0.529. The molecule has 1 aromatic rings. The van der Waals surface area contributed by atoms with Crippen molar-refractivity contribution in [1.82, 2.24) is 5.32 Å². The number of hydrogen-bond acceptors (Lipinski definition) is 2. The van der Waals surface area contributed by atoms with Crippen LogP contribution >= 0.6 is 0 Å². The second kappa shape index (κ2) is 4.09. The summed E-state index contributed by atoms with van der Waals surface area (Å²) in [6.07, 6.45) is 4.38. The zero-order chi connectivity index (χ0) is 14.7. The van der Waals surface area contributed by atoms with Gasteiger partial charge in [0.2, 0.25) is 5.91 Å². The van der Waals surface area contributed by atoms with E-state index in [2.05, 4.69) is 23.5 Å². The third-order valence-corrected chi connectivity index (χ3v) is 5.69. The van der Waals surface area contributed by atoms with E-state index in [1.807, 2.05) is 6.07 Å². The highest BCUT2D eigenvalue weighted by Gasteiger charge is 2.61. The van der Waals surface area contributed by atoms with Gasteiger partial charge in [0, 0.05) is 17.9 Å². The van der Waals surface area contributed by atoms with Crippen molar-refractivity contribution < 1.29 is 14.7 Å². The van der Waals surface area contributed by atoms with E-state index in [0.29, 0.717) is 12.8 Å². The first-order valence-corrected chi connectivity index (χ1v) is 7.67. The Morgan fingerprint density at radius 1 is 1.24 bits per heavy atom. The second-order valence-electron chi connectivity index (χ2n) is 6.87. The van der Waals surface area contributed by atoms with Gasteiger partial charge in [0.25, 0.3) is 0 Å². The molecule has 2 N–H and O–H groups in total. The number of aryl methyl sites for hydroxylation is 1. The molecule has 4 nitrogen and oxygen atoms in total. The molecule has 3 aliphatic rings. The number of fused-ring (bicyclic) bond motifs is 2. The number of hydrogen-bond donors (Lipinski definition) is 2. The number of aliphatic carboxylic acids is 1. The molecule has 110 valence electrons. The lowest BCUT2D eigenvalue weighted by molar-refractivity contribution is -0.143. The minimum absolute atomic E-state index is 0.0331. The van der Waals surface area contributed by atoms with Gasteiger partial charge >= 0.3 is 5.97 Å². The molecule has 0 aromatic heterocycles. The lowest BCUT2D eigenvalue weighted by atomic mass is 9.95. The van der Waals surface area contributed by atoms with Gasteiger partial charge < -0.3 is 10.4 Å². The minimum atomic E-state index is -0.778. The van der Waals surface area contributed by atoms with Crippen molar-refractivity contribution >= 4 is 11.9 Å². The molecule has 0 aliphatic heterocycles. The Hall–Kier alpha value is -1.84. The van der Waals surface area contributed by atoms with Crippen molar-refractivity contribution in [2.45, 2.75) is 37.5 Å². The first kappa shape index (κ1) is 12.9. The van der Waals surface area contributed by atoms with E-state index in [9.17, 15) is 9.59 Å². The molecular formula is C17H19NO3. The molecule has 0 heterocycles. The van der Waals surface area contributed by atoms with Crippen molar-refractivity contribution in [2.24, 2.45) is 11.3 Å². The van der Waals surface area contributed by atoms with Crippen LogP contribution < -0.4 is 5.32 Å². The zero-order valence-corrected chi connectivity index (χ0v) is 11.9. The molecule has 4 rings (SSSR count). The Bertz CT molecular complexity index is 635. The number of carbonyl (C=O) groups excluding carboxylic acids is 1. The van der Waals surface area contributed by atoms with E-state index in [0.717, 1.165) is 19.3 Å². The highest BCUT2D eigenvalue weighted by atomic mass is 16.4. The molecule has 21 heavy (non-hydrogen) atoms. The summed E-state index contributed by atoms with van der Waals surface area (Å²) in [6.45, 7) is 0.287. The van der Waals surface area contributed by atoms with Gasteiger partial charge in [-0.3, -0.25) is 9.59 Å². The molecule has 4 heteroatoms. The summed E-state index contributed by atoms with van der Waals surface area (Å²) in [4.78, 5) is 23.5. The van der Waals surface area contributed by atoms with E-state index in [1.165, 1.54) is 11.1 Å². The smallest absolute Gasteiger partial charge is 0.311 e. The largest absolute Gasteiger partial charge is 0.481 e. The Morgan fingerprint density at radius 2 is 2.00 bits per heavy atom. The van der Waals surface area contributed by atoms with Gasteiger partial charge in [-0.1, -0.05) is 24.3 Å². The molecule has 2 atom stereocenters. The van der Waals surface area contributed by atoms with Gasteiger partial charge in [-0.05, 0) is 43.2 Å². The Labute approximate surface area is 123 Å². The highest BCUT2D eigenvalue weighted by Crippen LogP contribution is 2.61. The average molecular weight is 285 g/mol. The van der Waals surface area contributed by atoms with E-state index in [4.69, 9.17) is 5.11 Å². The van der Waals surface area contributed by atoms with E-state index in [-0.39, 0.29) is 23.8 Å². The Kier molecular flexibility index (Phi) is 2.51. The molecule has 2 fully saturated rings. The molecule has 0 radical (unpaired) electrons. The molecule has 0 bridgehead atoms. The van der Waals surface area contributed by atoms with Crippen LogP contribution in [-0.2, 0) is 21.4 Å². The normalized spacial score (nSPS) is 30.8. The predicted octanol–water partition coefficient (Wildman–Crippen LogP) is 1.87. The van der Waals surface area contributed by atoms with Crippen LogP contribution in [0.25, 0.3) is 0 Å². The standard InChI is InChI=1S/C17H19NO3/c19-14(18-10-16(7-8-16)15(20)21)13-9-17(13)6-5-11-3-1-2-4-12(11)17/h1-4,13H,5-10H2,(H,18,19)(H,20,21). The van der Waals surface area contributed by atoms with Gasteiger partial charge in [0.1, 0.15) is 0 Å². The Morgan fingerprint density at radius 3 is 2.71 bits per heavy atom. The zero-order valence-electron chi connectivity index (χ0n) is 11.9. The molecule has 0 saturated heterocycles. The van der Waals surface area contributed by atoms with Crippen LogP contribution in [0.5, 0.6) is 0 Å². The molecular weight excluding hydrogens is 266 g/mol. The predicted molar refractivity (Wildman–Crippen MR) is 76.9 cm³/mol. The summed E-state index contributed by atoms with van der Waals surface area (Å²) in [5.41, 5.74) is 2.08. The molecule has 3 aliphatic carbocycles. The number of carboxylic acids is 1. The third kappa shape index (κ3) is 1.81. The van der Waals surface area contributed by atoms with Crippen molar-refractivity contribution in [3.05, 3.63) is 35.4 Å². The third-order valence-electron chi connectivity index (χ3n) is 5.69. The number of carbonyl (C=O) groups is 2. The summed E-state index contributed by atoms with van der Waals surface area (Å²) < 4.78 is 0. The second-order valence-corrected chi connectivity index (χ2v) is 6.87. The topological polar surface area (TPSA) is 66.4 Å². The minimum Gasteiger partial charge on any atom is -0.481 e. The van der Waals surface area contributed by atoms with Gasteiger partial charge in [-0.2, -0.15) is 0 Å². The lowest BCUT2D eigenvalue weighted by Crippen LogP contribution is -2.36. The van der Waals surface area contributed by atoms with Gasteiger partial charge in [0.05, 0.1) is 5.41 Å². The lowest BCUT2D eigenvalue weighted by Gasteiger charge is -2.14. The fourth-order valence-electron chi connectivity index (χ4n) is 3.94. The molecule has 2 saturated carbocycles. The summed E-state index contributed by atoms with van der Waals surface area (Å²) in [7, 11) is 0. The van der Waals surface area contributed by atoms with E-state index in [1.54, 1.807) is 0 Å². The average Bonchev–Trinajstić information content (AvgIpc) is 3.36. The first-order valence-electron chi connectivity index (χ1n) is 7.67. The molecule has 1 amide bonds. The maximum Gasteiger partial charge on any atom is 0.311 e. The SMILES string of the molecule is O=C(NCC1(C(=O)O)CC1)C1CC12CCc1ccccc12. The van der Waals surface area contributed by atoms with Crippen LogP contribution in [-0.4, -0.2) is 23.5 Å². The maximum atomic E-state index is 12.4. The molecule has 1 aromatic carbocycles.